The minimum Gasteiger partial charge on any atom is -0.460 e. The van der Waals surface area contributed by atoms with Crippen molar-refractivity contribution in [1.29, 1.82) is 0 Å². The van der Waals surface area contributed by atoms with Crippen molar-refractivity contribution in [2.45, 2.75) is 72.3 Å². The van der Waals surface area contributed by atoms with E-state index in [2.05, 4.69) is 12.2 Å². The molecule has 17 heavy (non-hydrogen) atoms. The third-order valence-electron chi connectivity index (χ3n) is 2.55. The second kappa shape index (κ2) is 8.32. The number of carbonyl (C=O) groups excluding carboxylic acids is 1. The quantitative estimate of drug-likeness (QED) is 0.372. The van der Waals surface area contributed by atoms with Gasteiger partial charge in [-0.15, -0.1) is 0 Å². The molecule has 0 aromatic rings. The molecule has 0 amide bonds. The topological polar surface area (TPSA) is 26.3 Å². The molecule has 0 N–H and O–H groups in total. The van der Waals surface area contributed by atoms with Crippen molar-refractivity contribution in [2.75, 3.05) is 0 Å². The van der Waals surface area contributed by atoms with Gasteiger partial charge in [0, 0.05) is 0 Å². The maximum atomic E-state index is 11.7. The van der Waals surface area contributed by atoms with Gasteiger partial charge in [0.05, 0.1) is 5.92 Å². The van der Waals surface area contributed by atoms with Gasteiger partial charge in [0.1, 0.15) is 5.60 Å². The summed E-state index contributed by atoms with van der Waals surface area (Å²) in [7, 11) is 0. The summed E-state index contributed by atoms with van der Waals surface area (Å²) in [6, 6.07) is 0. The van der Waals surface area contributed by atoms with Gasteiger partial charge in [-0.25, -0.2) is 0 Å². The summed E-state index contributed by atoms with van der Waals surface area (Å²) < 4.78 is 5.34. The van der Waals surface area contributed by atoms with Crippen LogP contribution >= 0.6 is 0 Å². The molecule has 0 aliphatic carbocycles. The highest BCUT2D eigenvalue weighted by molar-refractivity contribution is 5.72. The van der Waals surface area contributed by atoms with E-state index in [0.717, 1.165) is 19.3 Å². The van der Waals surface area contributed by atoms with E-state index in [1.165, 1.54) is 12.8 Å². The van der Waals surface area contributed by atoms with Crippen molar-refractivity contribution in [3.05, 3.63) is 12.2 Å². The van der Waals surface area contributed by atoms with Gasteiger partial charge in [0.2, 0.25) is 0 Å². The highest BCUT2D eigenvalue weighted by atomic mass is 16.6. The molecule has 1 atom stereocenters. The summed E-state index contributed by atoms with van der Waals surface area (Å²) in [5.74, 6) is -0.0399. The van der Waals surface area contributed by atoms with Crippen molar-refractivity contribution in [1.82, 2.24) is 0 Å². The van der Waals surface area contributed by atoms with Crippen LogP contribution in [0.5, 0.6) is 0 Å². The molecule has 0 radical (unpaired) electrons. The molecule has 0 rings (SSSR count). The summed E-state index contributed by atoms with van der Waals surface area (Å²) in [6.45, 7) is 9.74. The Labute approximate surface area is 106 Å². The van der Waals surface area contributed by atoms with E-state index < -0.39 is 0 Å². The van der Waals surface area contributed by atoms with Gasteiger partial charge in [-0.05, 0) is 47.0 Å². The lowest BCUT2D eigenvalue weighted by Gasteiger charge is -2.22. The fourth-order valence-electron chi connectivity index (χ4n) is 1.58. The van der Waals surface area contributed by atoms with Gasteiger partial charge < -0.3 is 4.74 Å². The van der Waals surface area contributed by atoms with Crippen molar-refractivity contribution in [2.24, 2.45) is 5.92 Å². The molecule has 0 heterocycles. The lowest BCUT2D eigenvalue weighted by molar-refractivity contribution is -0.159. The minimum atomic E-state index is -0.364. The number of esters is 1. The van der Waals surface area contributed by atoms with Crippen molar-refractivity contribution in [3.63, 3.8) is 0 Å². The summed E-state index contributed by atoms with van der Waals surface area (Å²) >= 11 is 0. The molecule has 0 aliphatic heterocycles. The van der Waals surface area contributed by atoms with Crippen LogP contribution in [-0.2, 0) is 9.53 Å². The van der Waals surface area contributed by atoms with Gasteiger partial charge in [-0.1, -0.05) is 31.9 Å². The molecule has 100 valence electrons. The number of allylic oxidation sites excluding steroid dienone is 2. The van der Waals surface area contributed by atoms with Gasteiger partial charge in [0.15, 0.2) is 0 Å². The molecule has 2 nitrogen and oxygen atoms in total. The van der Waals surface area contributed by atoms with Crippen LogP contribution in [0.25, 0.3) is 0 Å². The van der Waals surface area contributed by atoms with Crippen LogP contribution in [0.15, 0.2) is 12.2 Å². The average molecular weight is 240 g/mol. The Hall–Kier alpha value is -0.790. The largest absolute Gasteiger partial charge is 0.460 e. The molecule has 0 saturated carbocycles. The Kier molecular flexibility index (Phi) is 7.94. The number of hydrogen-bond acceptors (Lipinski definition) is 2. The minimum absolute atomic E-state index is 0.0240. The molecule has 0 saturated heterocycles. The van der Waals surface area contributed by atoms with E-state index in [1.807, 2.05) is 34.6 Å². The van der Waals surface area contributed by atoms with Crippen molar-refractivity contribution < 1.29 is 9.53 Å². The van der Waals surface area contributed by atoms with Crippen LogP contribution in [-0.4, -0.2) is 11.6 Å². The van der Waals surface area contributed by atoms with E-state index in [9.17, 15) is 4.79 Å². The highest BCUT2D eigenvalue weighted by Gasteiger charge is 2.20. The molecule has 2 heteroatoms. The Morgan fingerprint density at radius 3 is 2.41 bits per heavy atom. The Bertz CT molecular complexity index is 236. The van der Waals surface area contributed by atoms with Crippen LogP contribution < -0.4 is 0 Å². The first kappa shape index (κ1) is 16.2. The van der Waals surface area contributed by atoms with Crippen LogP contribution in [0, 0.1) is 5.92 Å². The Balaban J connectivity index is 3.64. The van der Waals surface area contributed by atoms with E-state index in [-0.39, 0.29) is 17.5 Å². The number of rotatable bonds is 7. The SMILES string of the molecule is CC=CCCCCCC(C)C(=O)OC(C)(C)C. The number of ether oxygens (including phenoxy) is 1. The van der Waals surface area contributed by atoms with E-state index >= 15 is 0 Å². The molecule has 0 fully saturated rings. The first-order valence-electron chi connectivity index (χ1n) is 6.71. The van der Waals surface area contributed by atoms with E-state index in [4.69, 9.17) is 4.74 Å². The third-order valence-corrected chi connectivity index (χ3v) is 2.55. The zero-order valence-electron chi connectivity index (χ0n) is 12.1. The number of unbranched alkanes of at least 4 members (excludes halogenated alkanes) is 3. The van der Waals surface area contributed by atoms with Crippen LogP contribution in [0.3, 0.4) is 0 Å². The fourth-order valence-corrected chi connectivity index (χ4v) is 1.58. The highest BCUT2D eigenvalue weighted by Crippen LogP contribution is 2.16. The van der Waals surface area contributed by atoms with Gasteiger partial charge in [0.25, 0.3) is 0 Å². The molecule has 0 bridgehead atoms. The first-order valence-corrected chi connectivity index (χ1v) is 6.71. The van der Waals surface area contributed by atoms with Crippen LogP contribution in [0.4, 0.5) is 0 Å². The summed E-state index contributed by atoms with van der Waals surface area (Å²) in [4.78, 5) is 11.7. The lowest BCUT2D eigenvalue weighted by Crippen LogP contribution is -2.27. The standard InChI is InChI=1S/C15H28O2/c1-6-7-8-9-10-11-12-13(2)14(16)17-15(3,4)5/h6-7,13H,8-12H2,1-5H3. The first-order chi connectivity index (χ1) is 7.87. The van der Waals surface area contributed by atoms with Gasteiger partial charge in [-0.3, -0.25) is 4.79 Å². The zero-order valence-corrected chi connectivity index (χ0v) is 12.1. The maximum absolute atomic E-state index is 11.7. The second-order valence-electron chi connectivity index (χ2n) is 5.64. The van der Waals surface area contributed by atoms with Gasteiger partial charge in [-0.2, -0.15) is 0 Å². The van der Waals surface area contributed by atoms with Gasteiger partial charge >= 0.3 is 5.97 Å². The van der Waals surface area contributed by atoms with Crippen LogP contribution in [0.2, 0.25) is 0 Å². The van der Waals surface area contributed by atoms with Crippen molar-refractivity contribution in [3.8, 4) is 0 Å². The predicted octanol–water partition coefficient (Wildman–Crippen LogP) is 4.49. The molecule has 1 unspecified atom stereocenters. The third kappa shape index (κ3) is 10.1. The number of carbonyl (C=O) groups is 1. The summed E-state index contributed by atoms with van der Waals surface area (Å²) in [5.41, 5.74) is -0.364. The molecule has 0 aliphatic rings. The normalized spacial score (nSPS) is 13.9. The summed E-state index contributed by atoms with van der Waals surface area (Å²) in [6.07, 6.45) is 9.88. The monoisotopic (exact) mass is 240 g/mol. The molecule has 0 spiro atoms. The smallest absolute Gasteiger partial charge is 0.309 e. The predicted molar refractivity (Wildman–Crippen MR) is 72.9 cm³/mol. The Morgan fingerprint density at radius 1 is 1.24 bits per heavy atom. The maximum Gasteiger partial charge on any atom is 0.309 e. The average Bonchev–Trinajstić information content (AvgIpc) is 2.20. The van der Waals surface area contributed by atoms with Crippen molar-refractivity contribution >= 4 is 5.97 Å². The molecule has 0 aromatic carbocycles. The zero-order chi connectivity index (χ0) is 13.3. The molecular weight excluding hydrogens is 212 g/mol. The van der Waals surface area contributed by atoms with Crippen LogP contribution in [0.1, 0.15) is 66.7 Å². The lowest BCUT2D eigenvalue weighted by atomic mass is 10.0. The summed E-state index contributed by atoms with van der Waals surface area (Å²) in [5, 5.41) is 0. The number of hydrogen-bond donors (Lipinski definition) is 0. The second-order valence-corrected chi connectivity index (χ2v) is 5.64. The fraction of sp³-hybridized carbons (Fsp3) is 0.800. The molecular formula is C15H28O2. The van der Waals surface area contributed by atoms with E-state index in [0.29, 0.717) is 0 Å². The Morgan fingerprint density at radius 2 is 1.88 bits per heavy atom. The molecule has 0 aromatic heterocycles. The van der Waals surface area contributed by atoms with E-state index in [1.54, 1.807) is 0 Å².